The van der Waals surface area contributed by atoms with E-state index in [1.807, 2.05) is 24.3 Å². The number of amides is 1. The van der Waals surface area contributed by atoms with E-state index in [1.54, 1.807) is 25.3 Å². The van der Waals surface area contributed by atoms with Gasteiger partial charge in [0.2, 0.25) is 0 Å². The molecule has 0 radical (unpaired) electrons. The van der Waals surface area contributed by atoms with Gasteiger partial charge >= 0.3 is 0 Å². The minimum atomic E-state index is -0.232. The summed E-state index contributed by atoms with van der Waals surface area (Å²) in [5.74, 6) is 1.90. The van der Waals surface area contributed by atoms with Crippen molar-refractivity contribution in [3.05, 3.63) is 51.9 Å². The van der Waals surface area contributed by atoms with Crippen molar-refractivity contribution >= 4 is 51.9 Å². The van der Waals surface area contributed by atoms with Gasteiger partial charge in [0.15, 0.2) is 23.0 Å². The molecule has 0 aromatic heterocycles. The third kappa shape index (κ3) is 5.35. The van der Waals surface area contributed by atoms with E-state index in [4.69, 9.17) is 42.8 Å². The van der Waals surface area contributed by atoms with Gasteiger partial charge in [-0.1, -0.05) is 47.7 Å². The summed E-state index contributed by atoms with van der Waals surface area (Å²) in [5.41, 5.74) is 0.701. The molecular weight excluding hydrogens is 434 g/mol. The van der Waals surface area contributed by atoms with Crippen LogP contribution in [-0.2, 0) is 4.79 Å². The number of rotatable bonds is 8. The van der Waals surface area contributed by atoms with Crippen LogP contribution in [0.25, 0.3) is 6.08 Å². The third-order valence-electron chi connectivity index (χ3n) is 3.85. The first kappa shape index (κ1) is 21.3. The molecular formula is C20H18ClNO5S2. The summed E-state index contributed by atoms with van der Waals surface area (Å²) in [5, 5.41) is 2.93. The Bertz CT molecular complexity index is 964. The Labute approximate surface area is 183 Å². The summed E-state index contributed by atoms with van der Waals surface area (Å²) < 4.78 is 22.5. The number of nitrogens with one attached hydrogen (secondary N) is 1. The van der Waals surface area contributed by atoms with Gasteiger partial charge in [0.1, 0.15) is 17.5 Å². The second-order valence-electron chi connectivity index (χ2n) is 5.73. The maximum absolute atomic E-state index is 11.8. The van der Waals surface area contributed by atoms with Crippen molar-refractivity contribution in [1.29, 1.82) is 0 Å². The van der Waals surface area contributed by atoms with Gasteiger partial charge in [-0.3, -0.25) is 4.79 Å². The van der Waals surface area contributed by atoms with Crippen molar-refractivity contribution in [2.75, 3.05) is 27.4 Å². The zero-order valence-electron chi connectivity index (χ0n) is 15.7. The normalized spacial score (nSPS) is 14.7. The molecule has 152 valence electrons. The summed E-state index contributed by atoms with van der Waals surface area (Å²) in [6.45, 7) is 0.543. The summed E-state index contributed by atoms with van der Waals surface area (Å²) in [7, 11) is 3.11. The van der Waals surface area contributed by atoms with Crippen LogP contribution in [-0.4, -0.2) is 37.7 Å². The van der Waals surface area contributed by atoms with Gasteiger partial charge in [0.25, 0.3) is 5.91 Å². The Hall–Kier alpha value is -2.42. The maximum atomic E-state index is 11.8. The highest BCUT2D eigenvalue weighted by Gasteiger charge is 2.22. The molecule has 0 unspecified atom stereocenters. The lowest BCUT2D eigenvalue weighted by Crippen LogP contribution is -2.17. The first-order valence-electron chi connectivity index (χ1n) is 8.53. The molecule has 1 aliphatic heterocycles. The molecule has 1 heterocycles. The number of benzene rings is 2. The Morgan fingerprint density at radius 1 is 1.07 bits per heavy atom. The van der Waals surface area contributed by atoms with Crippen LogP contribution >= 0.6 is 35.6 Å². The average molecular weight is 452 g/mol. The number of carbonyl (C=O) groups excluding carboxylic acids is 1. The fourth-order valence-corrected chi connectivity index (χ4v) is 3.89. The number of para-hydroxylation sites is 2. The molecule has 1 N–H and O–H groups in total. The van der Waals surface area contributed by atoms with Crippen LogP contribution in [0.1, 0.15) is 5.56 Å². The van der Waals surface area contributed by atoms with E-state index in [1.165, 1.54) is 18.9 Å². The first-order valence-corrected chi connectivity index (χ1v) is 10.1. The SMILES string of the molecule is COc1ccccc1OCCOc1c(Cl)cc(C=C2SC(=S)NC2=O)cc1OC. The van der Waals surface area contributed by atoms with Gasteiger partial charge < -0.3 is 24.3 Å². The third-order valence-corrected chi connectivity index (χ3v) is 5.29. The molecule has 9 heteroatoms. The van der Waals surface area contributed by atoms with Crippen molar-refractivity contribution in [3.8, 4) is 23.0 Å². The summed E-state index contributed by atoms with van der Waals surface area (Å²) in [4.78, 5) is 12.3. The quantitative estimate of drug-likeness (QED) is 0.364. The van der Waals surface area contributed by atoms with E-state index in [2.05, 4.69) is 5.32 Å². The van der Waals surface area contributed by atoms with Gasteiger partial charge in [-0.15, -0.1) is 0 Å². The van der Waals surface area contributed by atoms with E-state index < -0.39 is 0 Å². The molecule has 29 heavy (non-hydrogen) atoms. The van der Waals surface area contributed by atoms with Gasteiger partial charge in [-0.25, -0.2) is 0 Å². The van der Waals surface area contributed by atoms with Crippen LogP contribution in [0.2, 0.25) is 5.02 Å². The molecule has 2 aromatic carbocycles. The van der Waals surface area contributed by atoms with Crippen molar-refractivity contribution in [1.82, 2.24) is 5.32 Å². The second kappa shape index (κ2) is 9.87. The molecule has 1 saturated heterocycles. The lowest BCUT2D eigenvalue weighted by Gasteiger charge is -2.14. The largest absolute Gasteiger partial charge is 0.493 e. The van der Waals surface area contributed by atoms with Crippen LogP contribution in [0, 0.1) is 0 Å². The van der Waals surface area contributed by atoms with Crippen LogP contribution in [0.4, 0.5) is 0 Å². The second-order valence-corrected chi connectivity index (χ2v) is 7.86. The molecule has 0 spiro atoms. The monoisotopic (exact) mass is 451 g/mol. The molecule has 2 aromatic rings. The zero-order chi connectivity index (χ0) is 20.8. The standard InChI is InChI=1S/C20H18ClNO5S2/c1-24-14-5-3-4-6-15(14)26-7-8-27-18-13(21)9-12(10-16(18)25-2)11-17-19(23)22-20(28)29-17/h3-6,9-11H,7-8H2,1-2H3,(H,22,23,28). The number of thiocarbonyl (C=S) groups is 1. The number of hydrogen-bond acceptors (Lipinski definition) is 7. The zero-order valence-corrected chi connectivity index (χ0v) is 18.1. The average Bonchev–Trinajstić information content (AvgIpc) is 3.03. The van der Waals surface area contributed by atoms with Crippen molar-refractivity contribution in [2.45, 2.75) is 0 Å². The Morgan fingerprint density at radius 3 is 2.41 bits per heavy atom. The highest BCUT2D eigenvalue weighted by atomic mass is 35.5. The summed E-state index contributed by atoms with van der Waals surface area (Å²) in [6, 6.07) is 10.8. The fourth-order valence-electron chi connectivity index (χ4n) is 2.57. The van der Waals surface area contributed by atoms with Crippen molar-refractivity contribution in [2.24, 2.45) is 0 Å². The van der Waals surface area contributed by atoms with E-state index in [-0.39, 0.29) is 12.5 Å². The van der Waals surface area contributed by atoms with Gasteiger partial charge in [-0.2, -0.15) is 0 Å². The lowest BCUT2D eigenvalue weighted by atomic mass is 10.2. The van der Waals surface area contributed by atoms with Crippen LogP contribution in [0.3, 0.4) is 0 Å². The fraction of sp³-hybridized carbons (Fsp3) is 0.200. The number of ether oxygens (including phenoxy) is 4. The predicted octanol–water partition coefficient (Wildman–Crippen LogP) is 4.30. The number of methoxy groups -OCH3 is 2. The summed E-state index contributed by atoms with van der Waals surface area (Å²) >= 11 is 12.6. The molecule has 0 bridgehead atoms. The molecule has 1 amide bonds. The highest BCUT2D eigenvalue weighted by Crippen LogP contribution is 2.38. The van der Waals surface area contributed by atoms with Crippen molar-refractivity contribution < 1.29 is 23.7 Å². The number of carbonyl (C=O) groups is 1. The molecule has 6 nitrogen and oxygen atoms in total. The molecule has 1 aliphatic rings. The van der Waals surface area contributed by atoms with E-state index in [9.17, 15) is 4.79 Å². The molecule has 3 rings (SSSR count). The minimum Gasteiger partial charge on any atom is -0.493 e. The van der Waals surface area contributed by atoms with E-state index in [0.717, 1.165) is 0 Å². The minimum absolute atomic E-state index is 0.232. The molecule has 1 fully saturated rings. The first-order chi connectivity index (χ1) is 14.0. The lowest BCUT2D eigenvalue weighted by molar-refractivity contribution is -0.115. The molecule has 0 atom stereocenters. The Balaban J connectivity index is 1.67. The molecule has 0 aliphatic carbocycles. The number of thioether (sulfide) groups is 1. The van der Waals surface area contributed by atoms with Gasteiger partial charge in [0, 0.05) is 0 Å². The number of hydrogen-bond donors (Lipinski definition) is 1. The molecule has 0 saturated carbocycles. The smallest absolute Gasteiger partial charge is 0.263 e. The summed E-state index contributed by atoms with van der Waals surface area (Å²) in [6.07, 6.45) is 1.70. The Kier molecular flexibility index (Phi) is 7.24. The predicted molar refractivity (Wildman–Crippen MR) is 118 cm³/mol. The van der Waals surface area contributed by atoms with Gasteiger partial charge in [0.05, 0.1) is 24.1 Å². The Morgan fingerprint density at radius 2 is 1.76 bits per heavy atom. The van der Waals surface area contributed by atoms with Crippen LogP contribution < -0.4 is 24.3 Å². The highest BCUT2D eigenvalue weighted by molar-refractivity contribution is 8.26. The van der Waals surface area contributed by atoms with Crippen molar-refractivity contribution in [3.63, 3.8) is 0 Å². The maximum Gasteiger partial charge on any atom is 0.263 e. The van der Waals surface area contributed by atoms with Gasteiger partial charge in [-0.05, 0) is 35.9 Å². The number of halogens is 1. The van der Waals surface area contributed by atoms with E-state index >= 15 is 0 Å². The topological polar surface area (TPSA) is 66.0 Å². The van der Waals surface area contributed by atoms with Crippen LogP contribution in [0.5, 0.6) is 23.0 Å². The van der Waals surface area contributed by atoms with E-state index in [0.29, 0.717) is 49.4 Å². The van der Waals surface area contributed by atoms with Crippen LogP contribution in [0.15, 0.2) is 41.3 Å².